The topological polar surface area (TPSA) is 49.4 Å². The number of nitrogens with zero attached hydrogens (tertiary/aromatic N) is 1. The Kier molecular flexibility index (Phi) is 5.07. The zero-order chi connectivity index (χ0) is 17.1. The molecule has 4 nitrogen and oxygen atoms in total. The predicted molar refractivity (Wildman–Crippen MR) is 96.8 cm³/mol. The first-order valence-corrected chi connectivity index (χ1v) is 8.43. The summed E-state index contributed by atoms with van der Waals surface area (Å²) in [5, 5.41) is 3.76. The van der Waals surface area contributed by atoms with Gasteiger partial charge in [0.05, 0.1) is 6.42 Å². The van der Waals surface area contributed by atoms with Crippen LogP contribution in [0.2, 0.25) is 10.0 Å². The first-order valence-electron chi connectivity index (χ1n) is 7.68. The Morgan fingerprint density at radius 1 is 1.08 bits per heavy atom. The molecular weight excluding hydrogens is 347 g/mol. The Morgan fingerprint density at radius 2 is 1.75 bits per heavy atom. The van der Waals surface area contributed by atoms with Gasteiger partial charge in [0, 0.05) is 34.4 Å². The average molecular weight is 363 g/mol. The van der Waals surface area contributed by atoms with E-state index in [2.05, 4.69) is 5.32 Å². The summed E-state index contributed by atoms with van der Waals surface area (Å²) in [5.41, 5.74) is 2.13. The summed E-state index contributed by atoms with van der Waals surface area (Å²) in [6.45, 7) is 0.746. The molecule has 0 saturated carbocycles. The highest BCUT2D eigenvalue weighted by atomic mass is 35.5. The highest BCUT2D eigenvalue weighted by Crippen LogP contribution is 2.26. The van der Waals surface area contributed by atoms with Gasteiger partial charge in [-0.2, -0.15) is 0 Å². The zero-order valence-electron chi connectivity index (χ0n) is 12.9. The average Bonchev–Trinajstić information content (AvgIpc) is 2.98. The number of halogens is 2. The van der Waals surface area contributed by atoms with Crippen LogP contribution in [0.5, 0.6) is 0 Å². The number of amides is 2. The van der Waals surface area contributed by atoms with Gasteiger partial charge in [0.2, 0.25) is 11.8 Å². The van der Waals surface area contributed by atoms with Crippen LogP contribution in [0.25, 0.3) is 0 Å². The molecule has 1 aliphatic rings. The molecule has 124 valence electrons. The molecule has 0 spiro atoms. The van der Waals surface area contributed by atoms with E-state index in [1.165, 1.54) is 0 Å². The van der Waals surface area contributed by atoms with Crippen LogP contribution >= 0.6 is 23.2 Å². The Labute approximate surface area is 150 Å². The molecule has 24 heavy (non-hydrogen) atoms. The van der Waals surface area contributed by atoms with Crippen molar-refractivity contribution in [1.82, 2.24) is 0 Å². The third-order valence-electron chi connectivity index (χ3n) is 3.94. The lowest BCUT2D eigenvalue weighted by atomic mass is 10.1. The molecule has 0 aromatic heterocycles. The van der Waals surface area contributed by atoms with Crippen LogP contribution in [0, 0.1) is 0 Å². The van der Waals surface area contributed by atoms with Gasteiger partial charge in [-0.15, -0.1) is 0 Å². The van der Waals surface area contributed by atoms with E-state index in [0.717, 1.165) is 18.7 Å². The highest BCUT2D eigenvalue weighted by Gasteiger charge is 2.21. The molecule has 1 aliphatic heterocycles. The largest absolute Gasteiger partial charge is 0.326 e. The van der Waals surface area contributed by atoms with Gasteiger partial charge >= 0.3 is 0 Å². The molecule has 3 rings (SSSR count). The minimum atomic E-state index is -0.199. The van der Waals surface area contributed by atoms with Crippen molar-refractivity contribution in [1.29, 1.82) is 0 Å². The first kappa shape index (κ1) is 16.8. The van der Waals surface area contributed by atoms with E-state index in [0.29, 0.717) is 27.7 Å². The standard InChI is InChI=1S/C18H16Cl2N2O2/c19-15-3-1-4-16(20)14(15)11-17(23)21-12-6-8-13(9-7-12)22-10-2-5-18(22)24/h1,3-4,6-9H,2,5,10-11H2,(H,21,23). The van der Waals surface area contributed by atoms with Gasteiger partial charge in [-0.25, -0.2) is 0 Å². The van der Waals surface area contributed by atoms with E-state index in [1.807, 2.05) is 12.1 Å². The molecule has 2 aromatic rings. The van der Waals surface area contributed by atoms with Crippen LogP contribution in [0.4, 0.5) is 11.4 Å². The van der Waals surface area contributed by atoms with Crippen LogP contribution in [0.15, 0.2) is 42.5 Å². The number of carbonyl (C=O) groups is 2. The smallest absolute Gasteiger partial charge is 0.228 e. The molecule has 1 heterocycles. The Hall–Kier alpha value is -2.04. The van der Waals surface area contributed by atoms with Gasteiger partial charge in [-0.3, -0.25) is 9.59 Å². The van der Waals surface area contributed by atoms with Gasteiger partial charge < -0.3 is 10.2 Å². The summed E-state index contributed by atoms with van der Waals surface area (Å²) in [5.74, 6) is -0.0601. The number of rotatable bonds is 4. The fraction of sp³-hybridized carbons (Fsp3) is 0.222. The minimum Gasteiger partial charge on any atom is -0.326 e. The summed E-state index contributed by atoms with van der Waals surface area (Å²) in [7, 11) is 0. The Morgan fingerprint density at radius 3 is 2.33 bits per heavy atom. The SMILES string of the molecule is O=C(Cc1c(Cl)cccc1Cl)Nc1ccc(N2CCCC2=O)cc1. The van der Waals surface area contributed by atoms with Crippen LogP contribution in [0.3, 0.4) is 0 Å². The van der Waals surface area contributed by atoms with Crippen LogP contribution < -0.4 is 10.2 Å². The van der Waals surface area contributed by atoms with Crippen LogP contribution in [-0.4, -0.2) is 18.4 Å². The first-order chi connectivity index (χ1) is 11.5. The fourth-order valence-electron chi connectivity index (χ4n) is 2.71. The number of nitrogens with one attached hydrogen (secondary N) is 1. The number of hydrogen-bond acceptors (Lipinski definition) is 2. The van der Waals surface area contributed by atoms with Crippen LogP contribution in [0.1, 0.15) is 18.4 Å². The van der Waals surface area contributed by atoms with Gasteiger partial charge in [-0.05, 0) is 48.4 Å². The van der Waals surface area contributed by atoms with E-state index in [1.54, 1.807) is 35.2 Å². The number of anilines is 2. The lowest BCUT2D eigenvalue weighted by Gasteiger charge is -2.16. The van der Waals surface area contributed by atoms with Crippen molar-refractivity contribution in [3.05, 3.63) is 58.1 Å². The second-order valence-corrected chi connectivity index (χ2v) is 6.44. The monoisotopic (exact) mass is 362 g/mol. The third-order valence-corrected chi connectivity index (χ3v) is 4.64. The third kappa shape index (κ3) is 3.71. The summed E-state index contributed by atoms with van der Waals surface area (Å²) >= 11 is 12.2. The molecule has 0 atom stereocenters. The summed E-state index contributed by atoms with van der Waals surface area (Å²) in [6.07, 6.45) is 1.58. The summed E-state index contributed by atoms with van der Waals surface area (Å²) in [6, 6.07) is 12.4. The maximum absolute atomic E-state index is 12.2. The molecule has 2 amide bonds. The molecule has 1 saturated heterocycles. The Balaban J connectivity index is 1.65. The number of hydrogen-bond donors (Lipinski definition) is 1. The maximum Gasteiger partial charge on any atom is 0.228 e. The van der Waals surface area contributed by atoms with Crippen LogP contribution in [-0.2, 0) is 16.0 Å². The highest BCUT2D eigenvalue weighted by molar-refractivity contribution is 6.36. The molecule has 0 bridgehead atoms. The number of benzene rings is 2. The van der Waals surface area contributed by atoms with E-state index >= 15 is 0 Å². The van der Waals surface area contributed by atoms with Crippen molar-refractivity contribution in [3.8, 4) is 0 Å². The summed E-state index contributed by atoms with van der Waals surface area (Å²) in [4.78, 5) is 25.7. The van der Waals surface area contributed by atoms with Gasteiger partial charge in [0.25, 0.3) is 0 Å². The van der Waals surface area contributed by atoms with Crippen molar-refractivity contribution in [2.24, 2.45) is 0 Å². The summed E-state index contributed by atoms with van der Waals surface area (Å²) < 4.78 is 0. The van der Waals surface area contributed by atoms with Crippen molar-refractivity contribution in [2.45, 2.75) is 19.3 Å². The normalized spacial score (nSPS) is 14.1. The second kappa shape index (κ2) is 7.24. The quantitative estimate of drug-likeness (QED) is 0.881. The second-order valence-electron chi connectivity index (χ2n) is 5.62. The molecule has 2 aromatic carbocycles. The Bertz CT molecular complexity index is 755. The van der Waals surface area contributed by atoms with Gasteiger partial charge in [0.1, 0.15) is 0 Å². The van der Waals surface area contributed by atoms with E-state index in [9.17, 15) is 9.59 Å². The van der Waals surface area contributed by atoms with E-state index in [-0.39, 0.29) is 18.2 Å². The van der Waals surface area contributed by atoms with Gasteiger partial charge in [0.15, 0.2) is 0 Å². The van der Waals surface area contributed by atoms with Crippen molar-refractivity contribution >= 4 is 46.4 Å². The lowest BCUT2D eigenvalue weighted by Crippen LogP contribution is -2.23. The lowest BCUT2D eigenvalue weighted by molar-refractivity contribution is -0.117. The molecule has 6 heteroatoms. The number of carbonyl (C=O) groups excluding carboxylic acids is 2. The maximum atomic E-state index is 12.2. The minimum absolute atomic E-state index is 0.102. The fourth-order valence-corrected chi connectivity index (χ4v) is 3.24. The molecule has 0 unspecified atom stereocenters. The zero-order valence-corrected chi connectivity index (χ0v) is 14.4. The van der Waals surface area contributed by atoms with Crippen molar-refractivity contribution < 1.29 is 9.59 Å². The molecular formula is C18H16Cl2N2O2. The van der Waals surface area contributed by atoms with E-state index in [4.69, 9.17) is 23.2 Å². The molecule has 1 N–H and O–H groups in total. The van der Waals surface area contributed by atoms with Gasteiger partial charge in [-0.1, -0.05) is 29.3 Å². The van der Waals surface area contributed by atoms with Crippen molar-refractivity contribution in [3.63, 3.8) is 0 Å². The van der Waals surface area contributed by atoms with Crippen molar-refractivity contribution in [2.75, 3.05) is 16.8 Å². The molecule has 0 radical (unpaired) electrons. The van der Waals surface area contributed by atoms with E-state index < -0.39 is 0 Å². The predicted octanol–water partition coefficient (Wildman–Crippen LogP) is 4.30. The molecule has 1 fully saturated rings. The molecule has 0 aliphatic carbocycles.